The van der Waals surface area contributed by atoms with Crippen LogP contribution in [0, 0.1) is 40.4 Å². The van der Waals surface area contributed by atoms with Crippen LogP contribution in [0.2, 0.25) is 0 Å². The third-order valence-corrected chi connectivity index (χ3v) is 10.1. The summed E-state index contributed by atoms with van der Waals surface area (Å²) < 4.78 is 6.04. The lowest BCUT2D eigenvalue weighted by molar-refractivity contribution is -0.136. The topological polar surface area (TPSA) is 46.5 Å². The van der Waals surface area contributed by atoms with Crippen LogP contribution in [0.4, 0.5) is 0 Å². The molecular weight excluding hydrogens is 408 g/mol. The minimum Gasteiger partial charge on any atom is -0.390 e. The standard InChI is InChI=1S/C29H48O3.CH4/c1-19(2)18-32-25-14-17-29(6)23-13-16-28(5)20(8-7-15-27(3,4)31)9-11-22(28)21(23)10-12-24(29)26(25)30;/h12,19-23,25,31H,7-11,13-18H2,1-6H3;1H4. The highest BCUT2D eigenvalue weighted by Crippen LogP contribution is 2.66. The SMILES string of the molecule is C.CC(C)COC1CCC2(C)C(=CCC3C2CCC2(C)C(CCCC(C)(C)O)CCC32)C1=O. The van der Waals surface area contributed by atoms with Gasteiger partial charge in [0.15, 0.2) is 5.78 Å². The lowest BCUT2D eigenvalue weighted by Gasteiger charge is -2.57. The molecule has 3 heteroatoms. The Morgan fingerprint density at radius 1 is 1.12 bits per heavy atom. The first kappa shape index (κ1) is 26.9. The maximum absolute atomic E-state index is 13.4. The Labute approximate surface area is 204 Å². The first-order valence-corrected chi connectivity index (χ1v) is 13.5. The Bertz CT molecular complexity index is 731. The number of rotatable bonds is 7. The fourth-order valence-electron chi connectivity index (χ4n) is 8.36. The summed E-state index contributed by atoms with van der Waals surface area (Å²) >= 11 is 0. The molecule has 0 bridgehead atoms. The number of fused-ring (bicyclic) bond motifs is 5. The van der Waals surface area contributed by atoms with Crippen molar-refractivity contribution in [2.75, 3.05) is 6.61 Å². The number of carbonyl (C=O) groups is 1. The molecule has 0 aromatic heterocycles. The van der Waals surface area contributed by atoms with E-state index in [4.69, 9.17) is 4.74 Å². The van der Waals surface area contributed by atoms with Gasteiger partial charge in [0.1, 0.15) is 6.10 Å². The quantitative estimate of drug-likeness (QED) is 0.431. The van der Waals surface area contributed by atoms with Gasteiger partial charge in [-0.1, -0.05) is 47.6 Å². The summed E-state index contributed by atoms with van der Waals surface area (Å²) in [6.07, 6.45) is 13.8. The summed E-state index contributed by atoms with van der Waals surface area (Å²) in [5.41, 5.74) is 1.07. The minimum atomic E-state index is -0.542. The molecule has 7 unspecified atom stereocenters. The molecule has 190 valence electrons. The lowest BCUT2D eigenvalue weighted by atomic mass is 9.47. The Morgan fingerprint density at radius 2 is 1.85 bits per heavy atom. The lowest BCUT2D eigenvalue weighted by Crippen LogP contribution is -2.52. The molecule has 0 heterocycles. The summed E-state index contributed by atoms with van der Waals surface area (Å²) in [5.74, 6) is 3.76. The van der Waals surface area contributed by atoms with Crippen molar-refractivity contribution in [3.05, 3.63) is 11.6 Å². The predicted molar refractivity (Wildman–Crippen MR) is 137 cm³/mol. The zero-order valence-corrected chi connectivity index (χ0v) is 21.6. The van der Waals surface area contributed by atoms with Crippen molar-refractivity contribution in [1.29, 1.82) is 0 Å². The molecule has 0 aromatic carbocycles. The first-order valence-electron chi connectivity index (χ1n) is 13.5. The van der Waals surface area contributed by atoms with E-state index in [1.165, 1.54) is 32.1 Å². The van der Waals surface area contributed by atoms with E-state index >= 15 is 0 Å². The van der Waals surface area contributed by atoms with Gasteiger partial charge in [0.25, 0.3) is 0 Å². The third-order valence-electron chi connectivity index (χ3n) is 10.1. The van der Waals surface area contributed by atoms with Gasteiger partial charge < -0.3 is 9.84 Å². The second-order valence-corrected chi connectivity index (χ2v) is 13.3. The average Bonchev–Trinajstić information content (AvgIpc) is 3.03. The molecule has 0 aliphatic heterocycles. The molecule has 4 rings (SSSR count). The van der Waals surface area contributed by atoms with Crippen LogP contribution in [0.25, 0.3) is 0 Å². The zero-order chi connectivity index (χ0) is 23.3. The molecule has 4 aliphatic rings. The van der Waals surface area contributed by atoms with Crippen LogP contribution in [0.1, 0.15) is 113 Å². The molecule has 0 amide bonds. The van der Waals surface area contributed by atoms with Crippen LogP contribution in [0.15, 0.2) is 11.6 Å². The second kappa shape index (κ2) is 9.76. The van der Waals surface area contributed by atoms with Gasteiger partial charge in [0, 0.05) is 12.2 Å². The molecule has 0 aromatic rings. The molecule has 3 nitrogen and oxygen atoms in total. The summed E-state index contributed by atoms with van der Waals surface area (Å²) in [4.78, 5) is 13.4. The summed E-state index contributed by atoms with van der Waals surface area (Å²) in [7, 11) is 0. The third kappa shape index (κ3) is 5.01. The van der Waals surface area contributed by atoms with E-state index in [1.807, 2.05) is 13.8 Å². The first-order chi connectivity index (χ1) is 15.0. The molecule has 33 heavy (non-hydrogen) atoms. The zero-order valence-electron chi connectivity index (χ0n) is 21.6. The van der Waals surface area contributed by atoms with Crippen LogP contribution < -0.4 is 0 Å². The molecule has 7 atom stereocenters. The fourth-order valence-corrected chi connectivity index (χ4v) is 8.36. The summed E-state index contributed by atoms with van der Waals surface area (Å²) in [5, 5.41) is 10.1. The second-order valence-electron chi connectivity index (χ2n) is 13.3. The number of ether oxygens (including phenoxy) is 1. The van der Waals surface area contributed by atoms with E-state index in [0.717, 1.165) is 55.4 Å². The van der Waals surface area contributed by atoms with Gasteiger partial charge >= 0.3 is 0 Å². The van der Waals surface area contributed by atoms with Gasteiger partial charge in [-0.05, 0) is 112 Å². The predicted octanol–water partition coefficient (Wildman–Crippen LogP) is 7.36. The van der Waals surface area contributed by atoms with Crippen molar-refractivity contribution in [2.24, 2.45) is 40.4 Å². The number of Topliss-reactive ketones (excluding diaryl/α,β-unsaturated/α-hetero) is 1. The smallest absolute Gasteiger partial charge is 0.187 e. The molecule has 1 N–H and O–H groups in total. The molecule has 0 radical (unpaired) electrons. The van der Waals surface area contributed by atoms with Crippen molar-refractivity contribution in [3.63, 3.8) is 0 Å². The van der Waals surface area contributed by atoms with Crippen LogP contribution in [0.3, 0.4) is 0 Å². The van der Waals surface area contributed by atoms with Crippen molar-refractivity contribution in [3.8, 4) is 0 Å². The number of allylic oxidation sites excluding steroid dienone is 1. The van der Waals surface area contributed by atoms with Crippen LogP contribution in [-0.2, 0) is 9.53 Å². The maximum Gasteiger partial charge on any atom is 0.187 e. The van der Waals surface area contributed by atoms with Crippen molar-refractivity contribution >= 4 is 5.78 Å². The van der Waals surface area contributed by atoms with Gasteiger partial charge in [-0.3, -0.25) is 4.79 Å². The van der Waals surface area contributed by atoms with Crippen LogP contribution in [0.5, 0.6) is 0 Å². The normalized spacial score (nSPS) is 40.5. The molecule has 4 aliphatic carbocycles. The number of hydrogen-bond acceptors (Lipinski definition) is 3. The number of hydrogen-bond donors (Lipinski definition) is 1. The van der Waals surface area contributed by atoms with Gasteiger partial charge in [-0.25, -0.2) is 0 Å². The average molecular weight is 461 g/mol. The molecule has 0 saturated heterocycles. The van der Waals surface area contributed by atoms with E-state index in [-0.39, 0.29) is 18.9 Å². The van der Waals surface area contributed by atoms with Gasteiger partial charge in [-0.15, -0.1) is 0 Å². The Morgan fingerprint density at radius 3 is 2.52 bits per heavy atom. The maximum atomic E-state index is 13.4. The van der Waals surface area contributed by atoms with Gasteiger partial charge in [-0.2, -0.15) is 0 Å². The van der Waals surface area contributed by atoms with E-state index < -0.39 is 5.60 Å². The fraction of sp³-hybridized carbons (Fsp3) is 0.900. The van der Waals surface area contributed by atoms with Crippen LogP contribution in [-0.4, -0.2) is 29.2 Å². The van der Waals surface area contributed by atoms with Crippen LogP contribution >= 0.6 is 0 Å². The van der Waals surface area contributed by atoms with E-state index in [2.05, 4.69) is 33.8 Å². The Hall–Kier alpha value is -0.670. The van der Waals surface area contributed by atoms with E-state index in [9.17, 15) is 9.90 Å². The highest BCUT2D eigenvalue weighted by atomic mass is 16.5. The van der Waals surface area contributed by atoms with Crippen molar-refractivity contribution in [1.82, 2.24) is 0 Å². The number of carbonyl (C=O) groups excluding carboxylic acids is 1. The van der Waals surface area contributed by atoms with Gasteiger partial charge in [0.2, 0.25) is 0 Å². The summed E-state index contributed by atoms with van der Waals surface area (Å²) in [6.45, 7) is 13.9. The van der Waals surface area contributed by atoms with E-state index in [1.54, 1.807) is 0 Å². The highest BCUT2D eigenvalue weighted by molar-refractivity contribution is 6.01. The number of aliphatic hydroxyl groups is 1. The molecular formula is C30H52O3. The Balaban J connectivity index is 0.00000306. The summed E-state index contributed by atoms with van der Waals surface area (Å²) in [6, 6.07) is 0. The van der Waals surface area contributed by atoms with E-state index in [0.29, 0.717) is 29.6 Å². The monoisotopic (exact) mass is 460 g/mol. The van der Waals surface area contributed by atoms with Crippen molar-refractivity contribution in [2.45, 2.75) is 125 Å². The molecule has 3 fully saturated rings. The molecule has 3 saturated carbocycles. The van der Waals surface area contributed by atoms with Gasteiger partial charge in [0.05, 0.1) is 5.60 Å². The minimum absolute atomic E-state index is 0. The molecule has 0 spiro atoms. The van der Waals surface area contributed by atoms with Crippen molar-refractivity contribution < 1.29 is 14.6 Å². The Kier molecular flexibility index (Phi) is 7.97. The highest BCUT2D eigenvalue weighted by Gasteiger charge is 2.59. The number of ketones is 1. The largest absolute Gasteiger partial charge is 0.390 e.